The Bertz CT molecular complexity index is 1160. The summed E-state index contributed by atoms with van der Waals surface area (Å²) in [6, 6.07) is 14.3. The fraction of sp³-hybridized carbons (Fsp3) is 0. The number of rotatable bonds is 4. The van der Waals surface area contributed by atoms with E-state index in [-0.39, 0.29) is 32.3 Å². The Morgan fingerprint density at radius 1 is 0.767 bits per heavy atom. The van der Waals surface area contributed by atoms with E-state index in [1.807, 2.05) is 0 Å². The molecule has 0 aliphatic carbocycles. The lowest BCUT2D eigenvalue weighted by atomic mass is 10.0. The average molecular weight is 418 g/mol. The summed E-state index contributed by atoms with van der Waals surface area (Å²) in [6.45, 7) is 0. The van der Waals surface area contributed by atoms with E-state index < -0.39 is 20.6 Å². The van der Waals surface area contributed by atoms with Crippen LogP contribution in [0.3, 0.4) is 0 Å². The van der Waals surface area contributed by atoms with Crippen LogP contribution in [0.15, 0.2) is 71.8 Å². The van der Waals surface area contributed by atoms with Crippen LogP contribution in [-0.4, -0.2) is 14.1 Å². The van der Waals surface area contributed by atoms with Crippen molar-refractivity contribution in [1.82, 2.24) is 0 Å². The fourth-order valence-corrected chi connectivity index (χ4v) is 4.13. The summed E-state index contributed by atoms with van der Waals surface area (Å²) in [7, 11) is -1.76. The number of nitrogens with zero attached hydrogens (tertiary/aromatic N) is 4. The lowest BCUT2D eigenvalue weighted by molar-refractivity contribution is -0.385. The predicted molar refractivity (Wildman–Crippen MR) is 109 cm³/mol. The lowest BCUT2D eigenvalue weighted by Crippen LogP contribution is -2.05. The summed E-state index contributed by atoms with van der Waals surface area (Å²) in [4.78, 5) is 21.1. The summed E-state index contributed by atoms with van der Waals surface area (Å²) >= 11 is 0. The number of hydrogen-bond donors (Lipinski definition) is 0. The first kappa shape index (κ1) is 20.3. The van der Waals surface area contributed by atoms with Crippen LogP contribution in [0.2, 0.25) is 0 Å². The molecule has 10 heteroatoms. The van der Waals surface area contributed by atoms with Crippen molar-refractivity contribution >= 4 is 32.0 Å². The minimum absolute atomic E-state index is 0.141. The van der Waals surface area contributed by atoms with Gasteiger partial charge >= 0.3 is 0 Å². The van der Waals surface area contributed by atoms with E-state index in [0.29, 0.717) is 11.1 Å². The van der Waals surface area contributed by atoms with E-state index in [4.69, 9.17) is 0 Å². The summed E-state index contributed by atoms with van der Waals surface area (Å²) in [5, 5.41) is 40.2. The second kappa shape index (κ2) is 8.31. The number of nitro groups is 2. The van der Waals surface area contributed by atoms with E-state index >= 15 is 0 Å². The van der Waals surface area contributed by atoms with E-state index in [0.717, 1.165) is 0 Å². The maximum atomic E-state index is 13.2. The van der Waals surface area contributed by atoms with Crippen molar-refractivity contribution in [3.05, 3.63) is 103 Å². The highest BCUT2D eigenvalue weighted by molar-refractivity contribution is 8.03. The van der Waals surface area contributed by atoms with Crippen LogP contribution >= 0.6 is 0 Å². The van der Waals surface area contributed by atoms with E-state index in [2.05, 4.69) is 0 Å². The van der Waals surface area contributed by atoms with Gasteiger partial charge in [-0.25, -0.2) is 4.21 Å². The Labute approximate surface area is 172 Å². The van der Waals surface area contributed by atoms with Gasteiger partial charge in [-0.3, -0.25) is 20.2 Å². The Morgan fingerprint density at radius 3 is 1.43 bits per heavy atom. The maximum Gasteiger partial charge on any atom is 0.269 e. The smallest absolute Gasteiger partial charge is 0.258 e. The third kappa shape index (κ3) is 3.90. The zero-order valence-corrected chi connectivity index (χ0v) is 15.8. The molecule has 0 saturated heterocycles. The molecule has 0 spiro atoms. The van der Waals surface area contributed by atoms with E-state index in [1.165, 1.54) is 60.7 Å². The van der Waals surface area contributed by atoms with Gasteiger partial charge in [0, 0.05) is 29.8 Å². The minimum atomic E-state index is -1.76. The standard InChI is InChI=1S/C20H10N4O5S/c21-11-16(12-22)15-9-19(13-1-5-17(6-2-13)23(25)26)30(29)20(10-15)14-3-7-18(8-4-14)24(27)28/h1-10H. The van der Waals surface area contributed by atoms with Crippen molar-refractivity contribution in [2.24, 2.45) is 0 Å². The molecule has 0 unspecified atom stereocenters. The van der Waals surface area contributed by atoms with Crippen LogP contribution in [0.1, 0.15) is 11.1 Å². The number of nitriles is 2. The zero-order chi connectivity index (χ0) is 21.8. The Balaban J connectivity index is 2.15. The monoisotopic (exact) mass is 418 g/mol. The molecule has 0 N–H and O–H groups in total. The molecule has 30 heavy (non-hydrogen) atoms. The van der Waals surface area contributed by atoms with Gasteiger partial charge in [0.25, 0.3) is 11.4 Å². The van der Waals surface area contributed by atoms with Gasteiger partial charge in [-0.2, -0.15) is 10.5 Å². The number of non-ortho nitro benzene ring substituents is 2. The molecule has 0 fully saturated rings. The molecule has 1 heterocycles. The zero-order valence-electron chi connectivity index (χ0n) is 15.0. The molecule has 0 saturated carbocycles. The summed E-state index contributed by atoms with van der Waals surface area (Å²) < 4.78 is 13.2. The summed E-state index contributed by atoms with van der Waals surface area (Å²) in [6.07, 6.45) is 2.85. The first-order chi connectivity index (χ1) is 14.3. The van der Waals surface area contributed by atoms with Gasteiger partial charge in [0.1, 0.15) is 17.7 Å². The molecule has 0 aromatic heterocycles. The van der Waals surface area contributed by atoms with Gasteiger partial charge in [-0.05, 0) is 47.5 Å². The number of benzene rings is 2. The third-order valence-corrected chi connectivity index (χ3v) is 5.72. The molecule has 0 atom stereocenters. The molecule has 0 radical (unpaired) electrons. The molecule has 2 aromatic rings. The van der Waals surface area contributed by atoms with Gasteiger partial charge in [0.15, 0.2) is 0 Å². The van der Waals surface area contributed by atoms with E-state index in [1.54, 1.807) is 12.1 Å². The van der Waals surface area contributed by atoms with Crippen LogP contribution in [0, 0.1) is 42.9 Å². The SMILES string of the molecule is N#CC(C#N)=C1C=C(c2ccc([N+](=O)[O-])cc2)S(=O)C(c2ccc([N+](=O)[O-])cc2)=C1. The van der Waals surface area contributed by atoms with Gasteiger partial charge in [0.2, 0.25) is 0 Å². The summed E-state index contributed by atoms with van der Waals surface area (Å²) in [5.74, 6) is 0. The molecule has 3 rings (SSSR count). The molecule has 0 amide bonds. The molecule has 1 aliphatic rings. The van der Waals surface area contributed by atoms with Crippen molar-refractivity contribution in [2.75, 3.05) is 0 Å². The van der Waals surface area contributed by atoms with Crippen LogP contribution in [0.25, 0.3) is 9.81 Å². The number of hydrogen-bond acceptors (Lipinski definition) is 7. The van der Waals surface area contributed by atoms with Crippen molar-refractivity contribution in [3.8, 4) is 12.1 Å². The fourth-order valence-electron chi connectivity index (χ4n) is 2.72. The van der Waals surface area contributed by atoms with Crippen LogP contribution < -0.4 is 0 Å². The highest BCUT2D eigenvalue weighted by Gasteiger charge is 2.24. The quantitative estimate of drug-likeness (QED) is 0.413. The van der Waals surface area contributed by atoms with Crippen molar-refractivity contribution in [1.29, 1.82) is 10.5 Å². The van der Waals surface area contributed by atoms with Crippen molar-refractivity contribution in [2.45, 2.75) is 0 Å². The average Bonchev–Trinajstić information content (AvgIpc) is 2.75. The highest BCUT2D eigenvalue weighted by Crippen LogP contribution is 2.37. The first-order valence-corrected chi connectivity index (χ1v) is 9.40. The predicted octanol–water partition coefficient (Wildman–Crippen LogP) is 3.99. The van der Waals surface area contributed by atoms with Gasteiger partial charge in [0.05, 0.1) is 30.5 Å². The van der Waals surface area contributed by atoms with Crippen molar-refractivity contribution < 1.29 is 14.1 Å². The molecular formula is C20H10N4O5S. The Kier molecular flexibility index (Phi) is 5.63. The summed E-state index contributed by atoms with van der Waals surface area (Å²) in [5.41, 5.74) is 0.570. The third-order valence-electron chi connectivity index (χ3n) is 4.21. The number of allylic oxidation sites excluding steroid dienone is 4. The van der Waals surface area contributed by atoms with Gasteiger partial charge in [-0.1, -0.05) is 0 Å². The molecule has 0 bridgehead atoms. The molecular weight excluding hydrogens is 408 g/mol. The van der Waals surface area contributed by atoms with Crippen LogP contribution in [0.4, 0.5) is 11.4 Å². The van der Waals surface area contributed by atoms with E-state index in [9.17, 15) is 35.0 Å². The normalized spacial score (nSPS) is 15.3. The molecule has 2 aromatic carbocycles. The highest BCUT2D eigenvalue weighted by atomic mass is 32.2. The first-order valence-electron chi connectivity index (χ1n) is 8.25. The van der Waals surface area contributed by atoms with Gasteiger partial charge < -0.3 is 0 Å². The molecule has 9 nitrogen and oxygen atoms in total. The molecule has 1 aliphatic heterocycles. The maximum absolute atomic E-state index is 13.2. The number of nitro benzene ring substituents is 2. The largest absolute Gasteiger partial charge is 0.269 e. The lowest BCUT2D eigenvalue weighted by Gasteiger charge is -2.17. The van der Waals surface area contributed by atoms with Gasteiger partial charge in [-0.15, -0.1) is 0 Å². The second-order valence-corrected chi connectivity index (χ2v) is 7.36. The Morgan fingerprint density at radius 2 is 1.13 bits per heavy atom. The Hall–Kier alpha value is -4.41. The van der Waals surface area contributed by atoms with Crippen LogP contribution in [0.5, 0.6) is 0 Å². The van der Waals surface area contributed by atoms with Crippen molar-refractivity contribution in [3.63, 3.8) is 0 Å². The topological polar surface area (TPSA) is 151 Å². The van der Waals surface area contributed by atoms with Crippen LogP contribution in [-0.2, 0) is 10.8 Å². The minimum Gasteiger partial charge on any atom is -0.258 e. The molecule has 146 valence electrons. The second-order valence-electron chi connectivity index (χ2n) is 5.95.